The first-order valence-electron chi connectivity index (χ1n) is 15.9. The van der Waals surface area contributed by atoms with Crippen LogP contribution in [0.5, 0.6) is 0 Å². The van der Waals surface area contributed by atoms with E-state index in [1.807, 2.05) is 48.5 Å². The molecule has 0 unspecified atom stereocenters. The van der Waals surface area contributed by atoms with Crippen molar-refractivity contribution in [2.45, 2.75) is 0 Å². The van der Waals surface area contributed by atoms with Gasteiger partial charge >= 0.3 is 0 Å². The molecule has 0 amide bonds. The summed E-state index contributed by atoms with van der Waals surface area (Å²) in [7, 11) is 0. The summed E-state index contributed by atoms with van der Waals surface area (Å²) < 4.78 is 4.49. The van der Waals surface area contributed by atoms with Crippen molar-refractivity contribution in [2.75, 3.05) is 0 Å². The third-order valence-corrected chi connectivity index (χ3v) is 9.43. The Bertz CT molecular complexity index is 2760. The van der Waals surface area contributed by atoms with Crippen LogP contribution >= 0.6 is 0 Å². The van der Waals surface area contributed by atoms with Crippen molar-refractivity contribution < 1.29 is 0 Å². The van der Waals surface area contributed by atoms with E-state index in [0.717, 1.165) is 66.5 Å². The second-order valence-electron chi connectivity index (χ2n) is 11.9. The molecule has 0 aliphatic carbocycles. The van der Waals surface area contributed by atoms with Gasteiger partial charge in [-0.25, -0.2) is 0 Å². The molecule has 0 atom stereocenters. The Labute approximate surface area is 277 Å². The van der Waals surface area contributed by atoms with Crippen LogP contribution < -0.4 is 0 Å². The number of nitriles is 2. The Hall–Kier alpha value is -6.88. The van der Waals surface area contributed by atoms with Crippen LogP contribution in [0.15, 0.2) is 158 Å². The summed E-state index contributed by atoms with van der Waals surface area (Å²) in [6.45, 7) is 0. The number of para-hydroxylation sites is 4. The highest BCUT2D eigenvalue weighted by Crippen LogP contribution is 2.41. The lowest BCUT2D eigenvalue weighted by molar-refractivity contribution is 1.17. The van der Waals surface area contributed by atoms with Gasteiger partial charge in [0.05, 0.1) is 50.6 Å². The van der Waals surface area contributed by atoms with Gasteiger partial charge in [-0.1, -0.05) is 109 Å². The number of benzene rings is 7. The van der Waals surface area contributed by atoms with E-state index in [1.54, 1.807) is 0 Å². The first-order valence-corrected chi connectivity index (χ1v) is 15.9. The maximum atomic E-state index is 10.4. The summed E-state index contributed by atoms with van der Waals surface area (Å²) in [5.74, 6) is 0. The molecule has 222 valence electrons. The number of hydrogen-bond acceptors (Lipinski definition) is 2. The molecular weight excluding hydrogens is 585 g/mol. The van der Waals surface area contributed by atoms with E-state index in [2.05, 4.69) is 130 Å². The summed E-state index contributed by atoms with van der Waals surface area (Å²) in [6, 6.07) is 59.0. The van der Waals surface area contributed by atoms with E-state index in [0.29, 0.717) is 11.1 Å². The van der Waals surface area contributed by atoms with Gasteiger partial charge in [0.2, 0.25) is 0 Å². The van der Waals surface area contributed by atoms with Gasteiger partial charge < -0.3 is 9.13 Å². The van der Waals surface area contributed by atoms with Crippen molar-refractivity contribution in [1.82, 2.24) is 9.13 Å². The summed E-state index contributed by atoms with van der Waals surface area (Å²) >= 11 is 0. The maximum absolute atomic E-state index is 10.4. The second kappa shape index (κ2) is 10.9. The van der Waals surface area contributed by atoms with Gasteiger partial charge in [0, 0.05) is 27.1 Å². The van der Waals surface area contributed by atoms with Crippen LogP contribution in [0, 0.1) is 22.7 Å². The molecule has 9 aromatic rings. The molecule has 0 bridgehead atoms. The van der Waals surface area contributed by atoms with Gasteiger partial charge in [-0.05, 0) is 65.2 Å². The Kier molecular flexibility index (Phi) is 6.22. The summed E-state index contributed by atoms with van der Waals surface area (Å²) in [5, 5.41) is 24.7. The SMILES string of the molecule is N#Cc1ccc(-c2ccccc2-c2ccccc2-n2c3ccccc3c3ccccc32)cc1-n1c2ccccc2c2c(C#N)cccc21. The van der Waals surface area contributed by atoms with E-state index in [-0.39, 0.29) is 0 Å². The zero-order valence-electron chi connectivity index (χ0n) is 25.8. The van der Waals surface area contributed by atoms with Gasteiger partial charge in [0.1, 0.15) is 6.07 Å². The van der Waals surface area contributed by atoms with Gasteiger partial charge in [0.15, 0.2) is 0 Å². The Balaban J connectivity index is 1.30. The monoisotopic (exact) mass is 610 g/mol. The van der Waals surface area contributed by atoms with Crippen LogP contribution in [-0.4, -0.2) is 9.13 Å². The summed E-state index contributed by atoms with van der Waals surface area (Å²) in [5.41, 5.74) is 11.5. The van der Waals surface area contributed by atoms with Crippen LogP contribution in [0.1, 0.15) is 11.1 Å². The van der Waals surface area contributed by atoms with E-state index < -0.39 is 0 Å². The largest absolute Gasteiger partial charge is 0.309 e. The number of nitrogens with zero attached hydrogens (tertiary/aromatic N) is 4. The average molecular weight is 611 g/mol. The smallest absolute Gasteiger partial charge is 0.101 e. The minimum atomic E-state index is 0.562. The average Bonchev–Trinajstić information content (AvgIpc) is 3.68. The van der Waals surface area contributed by atoms with Crippen molar-refractivity contribution in [1.29, 1.82) is 10.5 Å². The normalized spacial score (nSPS) is 11.3. The fourth-order valence-electron chi connectivity index (χ4n) is 7.40. The Morgan fingerprint density at radius 1 is 0.375 bits per heavy atom. The van der Waals surface area contributed by atoms with Crippen LogP contribution in [0.3, 0.4) is 0 Å². The highest BCUT2D eigenvalue weighted by Gasteiger charge is 2.20. The predicted octanol–water partition coefficient (Wildman–Crippen LogP) is 11.0. The molecule has 4 nitrogen and oxygen atoms in total. The first-order chi connectivity index (χ1) is 23.8. The standard InChI is InChI=1S/C44H26N4/c45-27-30-25-24-29(26-43(30)48-41-22-10-6-18-37(41)44-31(28-46)12-11-23-42(44)48)32-13-1-2-14-33(32)34-15-3-7-19-38(34)47-39-20-8-4-16-35(39)36-17-5-9-21-40(36)47/h1-26H. The molecule has 48 heavy (non-hydrogen) atoms. The molecule has 0 N–H and O–H groups in total. The topological polar surface area (TPSA) is 57.4 Å². The van der Waals surface area contributed by atoms with E-state index in [4.69, 9.17) is 0 Å². The number of hydrogen-bond donors (Lipinski definition) is 0. The maximum Gasteiger partial charge on any atom is 0.101 e. The number of rotatable bonds is 4. The number of fused-ring (bicyclic) bond motifs is 6. The summed E-state index contributed by atoms with van der Waals surface area (Å²) in [4.78, 5) is 0. The van der Waals surface area contributed by atoms with Crippen LogP contribution in [0.4, 0.5) is 0 Å². The van der Waals surface area contributed by atoms with Crippen molar-refractivity contribution >= 4 is 43.6 Å². The van der Waals surface area contributed by atoms with Gasteiger partial charge in [-0.3, -0.25) is 0 Å². The van der Waals surface area contributed by atoms with E-state index in [1.165, 1.54) is 10.8 Å². The zero-order chi connectivity index (χ0) is 32.2. The Morgan fingerprint density at radius 3 is 1.58 bits per heavy atom. The fraction of sp³-hybridized carbons (Fsp3) is 0. The highest BCUT2D eigenvalue weighted by molar-refractivity contribution is 6.12. The molecule has 0 radical (unpaired) electrons. The fourth-order valence-corrected chi connectivity index (χ4v) is 7.40. The molecule has 9 rings (SSSR count). The number of aromatic nitrogens is 2. The van der Waals surface area contributed by atoms with Crippen molar-refractivity contribution in [3.8, 4) is 45.8 Å². The van der Waals surface area contributed by atoms with Crippen LogP contribution in [0.25, 0.3) is 77.2 Å². The zero-order valence-corrected chi connectivity index (χ0v) is 25.8. The predicted molar refractivity (Wildman–Crippen MR) is 195 cm³/mol. The lowest BCUT2D eigenvalue weighted by atomic mass is 9.92. The minimum absolute atomic E-state index is 0.562. The van der Waals surface area contributed by atoms with E-state index >= 15 is 0 Å². The highest BCUT2D eigenvalue weighted by atomic mass is 15.0. The third-order valence-electron chi connectivity index (χ3n) is 9.43. The van der Waals surface area contributed by atoms with Crippen molar-refractivity contribution in [3.63, 3.8) is 0 Å². The second-order valence-corrected chi connectivity index (χ2v) is 11.9. The summed E-state index contributed by atoms with van der Waals surface area (Å²) in [6.07, 6.45) is 0. The molecule has 0 fully saturated rings. The quantitative estimate of drug-likeness (QED) is 0.199. The molecule has 2 aromatic heterocycles. The molecular formula is C44H26N4. The van der Waals surface area contributed by atoms with Gasteiger partial charge in [-0.15, -0.1) is 0 Å². The first kappa shape index (κ1) is 27.4. The molecule has 0 spiro atoms. The van der Waals surface area contributed by atoms with Crippen molar-refractivity contribution in [3.05, 3.63) is 169 Å². The lowest BCUT2D eigenvalue weighted by Crippen LogP contribution is -2.00. The van der Waals surface area contributed by atoms with E-state index in [9.17, 15) is 10.5 Å². The van der Waals surface area contributed by atoms with Crippen molar-refractivity contribution in [2.24, 2.45) is 0 Å². The Morgan fingerprint density at radius 2 is 0.896 bits per heavy atom. The molecule has 0 aliphatic heterocycles. The van der Waals surface area contributed by atoms with Gasteiger partial charge in [-0.2, -0.15) is 10.5 Å². The molecule has 7 aromatic carbocycles. The van der Waals surface area contributed by atoms with Crippen LogP contribution in [0.2, 0.25) is 0 Å². The molecule has 2 heterocycles. The molecule has 0 aliphatic rings. The van der Waals surface area contributed by atoms with Gasteiger partial charge in [0.25, 0.3) is 0 Å². The molecule has 0 saturated heterocycles. The molecule has 0 saturated carbocycles. The third kappa shape index (κ3) is 4.01. The van der Waals surface area contributed by atoms with Crippen LogP contribution in [-0.2, 0) is 0 Å². The lowest BCUT2D eigenvalue weighted by Gasteiger charge is -2.18. The minimum Gasteiger partial charge on any atom is -0.309 e. The molecule has 4 heteroatoms.